The van der Waals surface area contributed by atoms with Gasteiger partial charge in [-0.05, 0) is 32.0 Å². The molecule has 3 rings (SSSR count). The topological polar surface area (TPSA) is 58.4 Å². The first kappa shape index (κ1) is 14.6. The number of nitrogens with one attached hydrogen (secondary N) is 1. The summed E-state index contributed by atoms with van der Waals surface area (Å²) in [6.07, 6.45) is 2.53. The number of halogens is 1. The predicted octanol–water partition coefficient (Wildman–Crippen LogP) is 2.88. The van der Waals surface area contributed by atoms with Crippen LogP contribution in [0.3, 0.4) is 0 Å². The lowest BCUT2D eigenvalue weighted by atomic mass is 10.3. The lowest BCUT2D eigenvalue weighted by Gasteiger charge is -2.15. The Hall–Kier alpha value is -1.37. The van der Waals surface area contributed by atoms with E-state index in [9.17, 15) is 4.79 Å². The zero-order valence-corrected chi connectivity index (χ0v) is 13.2. The van der Waals surface area contributed by atoms with E-state index in [0.717, 1.165) is 11.4 Å². The summed E-state index contributed by atoms with van der Waals surface area (Å²) in [6, 6.07) is 5.98. The van der Waals surface area contributed by atoms with Crippen LogP contribution in [0.5, 0.6) is 0 Å². The van der Waals surface area contributed by atoms with E-state index in [1.165, 1.54) is 24.2 Å². The van der Waals surface area contributed by atoms with Gasteiger partial charge in [0.15, 0.2) is 11.5 Å². The van der Waals surface area contributed by atoms with E-state index in [0.29, 0.717) is 28.4 Å². The second kappa shape index (κ2) is 6.17. The van der Waals surface area contributed by atoms with Crippen LogP contribution in [0.25, 0.3) is 10.6 Å². The molecule has 0 radical (unpaired) electrons. The highest BCUT2D eigenvalue weighted by atomic mass is 35.5. The van der Waals surface area contributed by atoms with Gasteiger partial charge in [0.25, 0.3) is 5.91 Å². The normalized spacial score (nSPS) is 14.6. The van der Waals surface area contributed by atoms with Crippen molar-refractivity contribution in [3.63, 3.8) is 0 Å². The third kappa shape index (κ3) is 3.64. The molecule has 1 saturated carbocycles. The summed E-state index contributed by atoms with van der Waals surface area (Å²) < 4.78 is 5.87. The highest BCUT2D eigenvalue weighted by Gasteiger charge is 2.25. The Labute approximate surface area is 131 Å². The van der Waals surface area contributed by atoms with Gasteiger partial charge in [-0.3, -0.25) is 4.79 Å². The fourth-order valence-electron chi connectivity index (χ4n) is 2.08. The molecule has 2 aromatic heterocycles. The van der Waals surface area contributed by atoms with Gasteiger partial charge in [-0.1, -0.05) is 16.8 Å². The van der Waals surface area contributed by atoms with E-state index in [-0.39, 0.29) is 5.91 Å². The molecule has 7 heteroatoms. The van der Waals surface area contributed by atoms with Crippen molar-refractivity contribution in [3.8, 4) is 10.6 Å². The zero-order chi connectivity index (χ0) is 14.8. The largest absolute Gasteiger partial charge is 0.355 e. The molecule has 1 aliphatic carbocycles. The van der Waals surface area contributed by atoms with E-state index in [1.54, 1.807) is 12.1 Å². The van der Waals surface area contributed by atoms with Crippen molar-refractivity contribution in [2.75, 3.05) is 20.1 Å². The molecule has 0 atom stereocenters. The summed E-state index contributed by atoms with van der Waals surface area (Å²) in [4.78, 5) is 15.1. The number of nitrogens with zero attached hydrogens (tertiary/aromatic N) is 2. The molecule has 2 heterocycles. The Bertz CT molecular complexity index is 636. The minimum atomic E-state index is -0.211. The van der Waals surface area contributed by atoms with Gasteiger partial charge in [-0.2, -0.15) is 0 Å². The van der Waals surface area contributed by atoms with E-state index in [4.69, 9.17) is 16.1 Å². The maximum absolute atomic E-state index is 12.0. The van der Waals surface area contributed by atoms with Crippen molar-refractivity contribution in [2.45, 2.75) is 18.9 Å². The van der Waals surface area contributed by atoms with E-state index >= 15 is 0 Å². The predicted molar refractivity (Wildman–Crippen MR) is 82.8 cm³/mol. The van der Waals surface area contributed by atoms with Gasteiger partial charge in [0.2, 0.25) is 0 Å². The molecule has 0 aliphatic heterocycles. The van der Waals surface area contributed by atoms with Crippen molar-refractivity contribution < 1.29 is 9.32 Å². The quantitative estimate of drug-likeness (QED) is 0.887. The number of likely N-dealkylation sites (N-methyl/N-ethyl adjacent to an activating group) is 1. The number of hydrogen-bond donors (Lipinski definition) is 1. The SMILES string of the molecule is CN(CCNC(=O)c1cc(-c2ccc(Cl)s2)on1)C1CC1. The van der Waals surface area contributed by atoms with Gasteiger partial charge in [-0.25, -0.2) is 0 Å². The van der Waals surface area contributed by atoms with Gasteiger partial charge >= 0.3 is 0 Å². The van der Waals surface area contributed by atoms with Crippen LogP contribution in [0, 0.1) is 0 Å². The number of thiophene rings is 1. The molecule has 0 aromatic carbocycles. The summed E-state index contributed by atoms with van der Waals surface area (Å²) in [7, 11) is 2.08. The molecule has 0 bridgehead atoms. The van der Waals surface area contributed by atoms with E-state index in [1.807, 2.05) is 6.07 Å². The zero-order valence-electron chi connectivity index (χ0n) is 11.6. The molecule has 1 N–H and O–H groups in total. The number of carbonyl (C=O) groups excluding carboxylic acids is 1. The molecular formula is C14H16ClN3O2S. The summed E-state index contributed by atoms with van der Waals surface area (Å²) in [5.41, 5.74) is 0.295. The fraction of sp³-hybridized carbons (Fsp3) is 0.429. The molecule has 5 nitrogen and oxygen atoms in total. The second-order valence-corrected chi connectivity index (χ2v) is 6.86. The summed E-state index contributed by atoms with van der Waals surface area (Å²) in [5.74, 6) is 0.351. The average Bonchev–Trinajstić information content (AvgIpc) is 3.04. The van der Waals surface area contributed by atoms with Crippen LogP contribution < -0.4 is 5.32 Å². The Morgan fingerprint density at radius 3 is 3.05 bits per heavy atom. The van der Waals surface area contributed by atoms with Crippen molar-refractivity contribution in [2.24, 2.45) is 0 Å². The Kier molecular flexibility index (Phi) is 4.28. The minimum Gasteiger partial charge on any atom is -0.355 e. The van der Waals surface area contributed by atoms with Crippen molar-refractivity contribution in [1.82, 2.24) is 15.4 Å². The number of amides is 1. The molecule has 1 aliphatic rings. The molecule has 2 aromatic rings. The second-order valence-electron chi connectivity index (χ2n) is 5.15. The van der Waals surface area contributed by atoms with Crippen LogP contribution in [0.2, 0.25) is 4.34 Å². The lowest BCUT2D eigenvalue weighted by Crippen LogP contribution is -2.34. The Balaban J connectivity index is 1.54. The van der Waals surface area contributed by atoms with Crippen molar-refractivity contribution >= 4 is 28.8 Å². The lowest BCUT2D eigenvalue weighted by molar-refractivity contribution is 0.0940. The summed E-state index contributed by atoms with van der Waals surface area (Å²) >= 11 is 7.27. The van der Waals surface area contributed by atoms with Gasteiger partial charge in [-0.15, -0.1) is 11.3 Å². The van der Waals surface area contributed by atoms with Crippen LogP contribution in [-0.4, -0.2) is 42.1 Å². The van der Waals surface area contributed by atoms with Crippen molar-refractivity contribution in [3.05, 3.63) is 28.2 Å². The van der Waals surface area contributed by atoms with E-state index in [2.05, 4.69) is 22.4 Å². The number of rotatable bonds is 6. The first-order chi connectivity index (χ1) is 10.1. The smallest absolute Gasteiger partial charge is 0.273 e. The maximum atomic E-state index is 12.0. The third-order valence-corrected chi connectivity index (χ3v) is 4.72. The molecule has 21 heavy (non-hydrogen) atoms. The van der Waals surface area contributed by atoms with Gasteiger partial charge in [0.1, 0.15) is 0 Å². The molecule has 0 unspecified atom stereocenters. The van der Waals surface area contributed by atoms with Crippen LogP contribution in [-0.2, 0) is 0 Å². The van der Waals surface area contributed by atoms with Gasteiger partial charge in [0, 0.05) is 25.2 Å². The fourth-order valence-corrected chi connectivity index (χ4v) is 3.07. The molecule has 0 saturated heterocycles. The summed E-state index contributed by atoms with van der Waals surface area (Å²) in [6.45, 7) is 1.46. The number of hydrogen-bond acceptors (Lipinski definition) is 5. The van der Waals surface area contributed by atoms with Crippen LogP contribution >= 0.6 is 22.9 Å². The van der Waals surface area contributed by atoms with Gasteiger partial charge < -0.3 is 14.7 Å². The highest BCUT2D eigenvalue weighted by molar-refractivity contribution is 7.19. The standard InChI is InChI=1S/C14H16ClN3O2S/c1-18(9-2-3-9)7-6-16-14(19)10-8-11(20-17-10)12-4-5-13(15)21-12/h4-5,8-9H,2-3,6-7H2,1H3,(H,16,19). The van der Waals surface area contributed by atoms with Crippen LogP contribution in [0.15, 0.2) is 22.7 Å². The molecular weight excluding hydrogens is 310 g/mol. The number of aromatic nitrogens is 1. The molecule has 112 valence electrons. The Morgan fingerprint density at radius 2 is 2.38 bits per heavy atom. The average molecular weight is 326 g/mol. The third-order valence-electron chi connectivity index (χ3n) is 3.48. The maximum Gasteiger partial charge on any atom is 0.273 e. The van der Waals surface area contributed by atoms with Crippen LogP contribution in [0.4, 0.5) is 0 Å². The van der Waals surface area contributed by atoms with Gasteiger partial charge in [0.05, 0.1) is 9.21 Å². The molecule has 0 spiro atoms. The molecule has 1 fully saturated rings. The monoisotopic (exact) mass is 325 g/mol. The summed E-state index contributed by atoms with van der Waals surface area (Å²) in [5, 5.41) is 6.67. The first-order valence-electron chi connectivity index (χ1n) is 6.84. The number of carbonyl (C=O) groups is 1. The Morgan fingerprint density at radius 1 is 1.57 bits per heavy atom. The van der Waals surface area contributed by atoms with E-state index < -0.39 is 0 Å². The first-order valence-corrected chi connectivity index (χ1v) is 8.04. The van der Waals surface area contributed by atoms with Crippen LogP contribution in [0.1, 0.15) is 23.3 Å². The molecule has 1 amide bonds. The van der Waals surface area contributed by atoms with Crippen molar-refractivity contribution in [1.29, 1.82) is 0 Å². The minimum absolute atomic E-state index is 0.211. The highest BCUT2D eigenvalue weighted by Crippen LogP contribution is 2.31.